The van der Waals surface area contributed by atoms with Crippen LogP contribution in [0.4, 0.5) is 11.5 Å². The van der Waals surface area contributed by atoms with Gasteiger partial charge in [0.25, 0.3) is 5.91 Å². The number of nitrogens with one attached hydrogen (secondary N) is 2. The minimum absolute atomic E-state index is 0.239. The number of anilines is 2. The molecule has 0 aliphatic rings. The fraction of sp³-hybridized carbons (Fsp3) is 0.231. The maximum absolute atomic E-state index is 12.1. The summed E-state index contributed by atoms with van der Waals surface area (Å²) in [7, 11) is 1.51. The number of methoxy groups -OCH3 is 1. The van der Waals surface area contributed by atoms with E-state index in [1.54, 1.807) is 24.4 Å². The Kier molecular flexibility index (Phi) is 3.70. The van der Waals surface area contributed by atoms with E-state index >= 15 is 0 Å². The van der Waals surface area contributed by atoms with Crippen molar-refractivity contribution in [2.24, 2.45) is 0 Å². The van der Waals surface area contributed by atoms with Gasteiger partial charge in [0.2, 0.25) is 0 Å². The molecule has 0 fully saturated rings. The molecular weight excluding hydrogens is 244 g/mol. The number of rotatable bonds is 4. The molecular formula is C13H16N4O2. The largest absolute Gasteiger partial charge is 0.495 e. The van der Waals surface area contributed by atoms with Crippen molar-refractivity contribution in [1.82, 2.24) is 10.2 Å². The maximum atomic E-state index is 12.1. The molecule has 0 unspecified atom stereocenters. The van der Waals surface area contributed by atoms with Gasteiger partial charge in [-0.15, -0.1) is 0 Å². The lowest BCUT2D eigenvalue weighted by molar-refractivity contribution is 0.102. The van der Waals surface area contributed by atoms with E-state index in [1.807, 2.05) is 6.92 Å². The molecule has 4 N–H and O–H groups in total. The number of hydrogen-bond donors (Lipinski definition) is 3. The first kappa shape index (κ1) is 12.9. The highest BCUT2D eigenvalue weighted by atomic mass is 16.5. The number of nitrogen functional groups attached to an aromatic ring is 1. The molecule has 19 heavy (non-hydrogen) atoms. The Balaban J connectivity index is 2.20. The predicted molar refractivity (Wildman–Crippen MR) is 73.3 cm³/mol. The number of H-pyrrole nitrogens is 1. The molecule has 0 atom stereocenters. The zero-order chi connectivity index (χ0) is 13.8. The minimum Gasteiger partial charge on any atom is -0.495 e. The Morgan fingerprint density at radius 1 is 1.53 bits per heavy atom. The first-order valence-electron chi connectivity index (χ1n) is 5.92. The van der Waals surface area contributed by atoms with Crippen LogP contribution in [-0.4, -0.2) is 23.2 Å². The molecule has 0 saturated carbocycles. The Hall–Kier alpha value is -2.50. The zero-order valence-corrected chi connectivity index (χ0v) is 10.9. The van der Waals surface area contributed by atoms with Crippen LogP contribution in [0.5, 0.6) is 5.75 Å². The molecule has 1 heterocycles. The van der Waals surface area contributed by atoms with Gasteiger partial charge in [0.1, 0.15) is 11.6 Å². The molecule has 0 saturated heterocycles. The molecule has 0 spiro atoms. The topological polar surface area (TPSA) is 93.0 Å². The monoisotopic (exact) mass is 260 g/mol. The van der Waals surface area contributed by atoms with E-state index in [0.717, 1.165) is 12.0 Å². The molecule has 1 aromatic heterocycles. The van der Waals surface area contributed by atoms with E-state index in [1.165, 1.54) is 7.11 Å². The van der Waals surface area contributed by atoms with Gasteiger partial charge in [-0.1, -0.05) is 6.92 Å². The third kappa shape index (κ3) is 2.67. The van der Waals surface area contributed by atoms with Gasteiger partial charge in [0.05, 0.1) is 19.0 Å². The minimum atomic E-state index is -0.239. The van der Waals surface area contributed by atoms with Crippen LogP contribution in [0.3, 0.4) is 0 Å². The molecule has 2 rings (SSSR count). The van der Waals surface area contributed by atoms with Crippen molar-refractivity contribution in [3.8, 4) is 5.75 Å². The number of carbonyl (C=O) groups is 1. The molecule has 100 valence electrons. The highest BCUT2D eigenvalue weighted by molar-refractivity contribution is 6.04. The third-order valence-electron chi connectivity index (χ3n) is 2.83. The van der Waals surface area contributed by atoms with Crippen LogP contribution in [0.15, 0.2) is 24.4 Å². The Morgan fingerprint density at radius 2 is 2.32 bits per heavy atom. The summed E-state index contributed by atoms with van der Waals surface area (Å²) in [5, 5.41) is 9.44. The number of ether oxygens (including phenoxy) is 1. The van der Waals surface area contributed by atoms with Crippen LogP contribution >= 0.6 is 0 Å². The second kappa shape index (κ2) is 5.43. The first-order chi connectivity index (χ1) is 9.15. The lowest BCUT2D eigenvalue weighted by atomic mass is 10.1. The van der Waals surface area contributed by atoms with Crippen LogP contribution in [-0.2, 0) is 6.42 Å². The Labute approximate surface area is 111 Å². The summed E-state index contributed by atoms with van der Waals surface area (Å²) in [5.74, 6) is 0.855. The number of aromatic nitrogens is 2. The molecule has 0 radical (unpaired) electrons. The summed E-state index contributed by atoms with van der Waals surface area (Å²) >= 11 is 0. The lowest BCUT2D eigenvalue weighted by Crippen LogP contribution is -2.13. The van der Waals surface area contributed by atoms with Crippen LogP contribution in [0.2, 0.25) is 0 Å². The molecule has 2 aromatic rings. The average Bonchev–Trinajstić information content (AvgIpc) is 2.86. The van der Waals surface area contributed by atoms with Crippen molar-refractivity contribution in [2.45, 2.75) is 13.3 Å². The fourth-order valence-corrected chi connectivity index (χ4v) is 1.73. The Bertz CT molecular complexity index is 592. The second-order valence-electron chi connectivity index (χ2n) is 4.03. The summed E-state index contributed by atoms with van der Waals surface area (Å²) < 4.78 is 5.09. The van der Waals surface area contributed by atoms with Crippen molar-refractivity contribution in [3.63, 3.8) is 0 Å². The molecule has 0 aliphatic heterocycles. The van der Waals surface area contributed by atoms with Gasteiger partial charge < -0.3 is 15.8 Å². The second-order valence-corrected chi connectivity index (χ2v) is 4.03. The van der Waals surface area contributed by atoms with Crippen molar-refractivity contribution in [3.05, 3.63) is 35.5 Å². The van der Waals surface area contributed by atoms with Gasteiger partial charge in [-0.25, -0.2) is 0 Å². The summed E-state index contributed by atoms with van der Waals surface area (Å²) in [6.07, 6.45) is 2.48. The standard InChI is InChI=1S/C13H16N4O2/c1-3-8-7-15-17-12(8)16-13(18)9-4-5-10(14)11(6-9)19-2/h4-7H,3,14H2,1-2H3,(H2,15,16,17,18). The van der Waals surface area contributed by atoms with Crippen molar-refractivity contribution < 1.29 is 9.53 Å². The fourth-order valence-electron chi connectivity index (χ4n) is 1.73. The summed E-state index contributed by atoms with van der Waals surface area (Å²) in [6, 6.07) is 4.89. The first-order valence-corrected chi connectivity index (χ1v) is 5.92. The number of aromatic amines is 1. The third-order valence-corrected chi connectivity index (χ3v) is 2.83. The molecule has 0 bridgehead atoms. The number of carbonyl (C=O) groups excluding carboxylic acids is 1. The quantitative estimate of drug-likeness (QED) is 0.731. The number of nitrogens with two attached hydrogens (primary N) is 1. The van der Waals surface area contributed by atoms with Crippen LogP contribution in [0.25, 0.3) is 0 Å². The molecule has 6 heteroatoms. The van der Waals surface area contributed by atoms with E-state index in [4.69, 9.17) is 10.5 Å². The highest BCUT2D eigenvalue weighted by Crippen LogP contribution is 2.23. The number of benzene rings is 1. The molecule has 0 aliphatic carbocycles. The molecule has 1 amide bonds. The lowest BCUT2D eigenvalue weighted by Gasteiger charge is -2.08. The van der Waals surface area contributed by atoms with Gasteiger partial charge in [0, 0.05) is 11.1 Å². The van der Waals surface area contributed by atoms with Gasteiger partial charge in [-0.05, 0) is 24.6 Å². The van der Waals surface area contributed by atoms with E-state index in [-0.39, 0.29) is 5.91 Å². The number of nitrogens with zero attached hydrogens (tertiary/aromatic N) is 1. The van der Waals surface area contributed by atoms with Crippen molar-refractivity contribution >= 4 is 17.4 Å². The molecule has 6 nitrogen and oxygen atoms in total. The van der Waals surface area contributed by atoms with E-state index in [2.05, 4.69) is 15.5 Å². The zero-order valence-electron chi connectivity index (χ0n) is 10.9. The number of aryl methyl sites for hydroxylation is 1. The average molecular weight is 260 g/mol. The normalized spacial score (nSPS) is 10.2. The van der Waals surface area contributed by atoms with Crippen molar-refractivity contribution in [2.75, 3.05) is 18.2 Å². The van der Waals surface area contributed by atoms with Crippen LogP contribution < -0.4 is 15.8 Å². The van der Waals surface area contributed by atoms with Crippen LogP contribution in [0, 0.1) is 0 Å². The summed E-state index contributed by atoms with van der Waals surface area (Å²) in [4.78, 5) is 12.1. The Morgan fingerprint density at radius 3 is 3.00 bits per heavy atom. The molecule has 1 aromatic carbocycles. The van der Waals surface area contributed by atoms with Gasteiger partial charge in [-0.3, -0.25) is 9.89 Å². The predicted octanol–water partition coefficient (Wildman–Crippen LogP) is 1.82. The summed E-state index contributed by atoms with van der Waals surface area (Å²) in [5.41, 5.74) is 7.63. The van der Waals surface area contributed by atoms with E-state index in [0.29, 0.717) is 22.8 Å². The number of amides is 1. The summed E-state index contributed by atoms with van der Waals surface area (Å²) in [6.45, 7) is 1.99. The smallest absolute Gasteiger partial charge is 0.256 e. The van der Waals surface area contributed by atoms with E-state index < -0.39 is 0 Å². The maximum Gasteiger partial charge on any atom is 0.256 e. The van der Waals surface area contributed by atoms with Gasteiger partial charge >= 0.3 is 0 Å². The van der Waals surface area contributed by atoms with Gasteiger partial charge in [-0.2, -0.15) is 5.10 Å². The van der Waals surface area contributed by atoms with Crippen LogP contribution in [0.1, 0.15) is 22.8 Å². The number of hydrogen-bond acceptors (Lipinski definition) is 4. The highest BCUT2D eigenvalue weighted by Gasteiger charge is 2.11. The van der Waals surface area contributed by atoms with Crippen molar-refractivity contribution in [1.29, 1.82) is 0 Å². The SMILES string of the molecule is CCc1cn[nH]c1NC(=O)c1ccc(N)c(OC)c1. The van der Waals surface area contributed by atoms with Gasteiger partial charge in [0.15, 0.2) is 0 Å². The van der Waals surface area contributed by atoms with E-state index in [9.17, 15) is 4.79 Å².